The lowest BCUT2D eigenvalue weighted by atomic mass is 10.2. The Labute approximate surface area is 160 Å². The van der Waals surface area contributed by atoms with Crippen molar-refractivity contribution in [3.8, 4) is 11.5 Å². The van der Waals surface area contributed by atoms with Gasteiger partial charge in [-0.3, -0.25) is 9.59 Å². The standard InChI is InChI=1S/C16H12Br2ClNO4/c1-23-14-5-9(7-21)4-11(18)16(14)24-8-15(22)20-13-3-2-10(17)6-12(13)19/h2-7H,8H2,1H3,(H,20,22). The van der Waals surface area contributed by atoms with Crippen molar-refractivity contribution in [2.24, 2.45) is 0 Å². The number of amides is 1. The summed E-state index contributed by atoms with van der Waals surface area (Å²) in [6.45, 7) is -0.248. The first-order valence-electron chi connectivity index (χ1n) is 6.65. The topological polar surface area (TPSA) is 64.6 Å². The Morgan fingerprint density at radius 2 is 2.04 bits per heavy atom. The summed E-state index contributed by atoms with van der Waals surface area (Å²) in [6, 6.07) is 8.22. The van der Waals surface area contributed by atoms with Crippen molar-refractivity contribution in [2.75, 3.05) is 19.0 Å². The van der Waals surface area contributed by atoms with Crippen molar-refractivity contribution in [3.05, 3.63) is 49.9 Å². The maximum atomic E-state index is 12.0. The molecule has 0 aliphatic heterocycles. The summed E-state index contributed by atoms with van der Waals surface area (Å²) < 4.78 is 12.0. The molecule has 0 unspecified atom stereocenters. The van der Waals surface area contributed by atoms with Gasteiger partial charge in [-0.25, -0.2) is 0 Å². The molecule has 24 heavy (non-hydrogen) atoms. The molecule has 0 saturated carbocycles. The van der Waals surface area contributed by atoms with E-state index in [4.69, 9.17) is 21.1 Å². The zero-order valence-electron chi connectivity index (χ0n) is 12.4. The molecule has 2 aromatic rings. The van der Waals surface area contributed by atoms with Gasteiger partial charge in [-0.2, -0.15) is 0 Å². The molecule has 2 aromatic carbocycles. The lowest BCUT2D eigenvalue weighted by Gasteiger charge is -2.13. The predicted molar refractivity (Wildman–Crippen MR) is 99.4 cm³/mol. The number of carbonyl (C=O) groups is 2. The molecule has 0 bridgehead atoms. The van der Waals surface area contributed by atoms with E-state index in [1.807, 2.05) is 0 Å². The first-order chi connectivity index (χ1) is 11.4. The fourth-order valence-electron chi connectivity index (χ4n) is 1.86. The normalized spacial score (nSPS) is 10.2. The van der Waals surface area contributed by atoms with E-state index < -0.39 is 0 Å². The van der Waals surface area contributed by atoms with E-state index in [0.717, 1.165) is 4.47 Å². The molecule has 0 heterocycles. The van der Waals surface area contributed by atoms with E-state index >= 15 is 0 Å². The van der Waals surface area contributed by atoms with Crippen LogP contribution in [0.15, 0.2) is 39.3 Å². The Morgan fingerprint density at radius 1 is 1.29 bits per heavy atom. The number of nitrogens with one attached hydrogen (secondary N) is 1. The van der Waals surface area contributed by atoms with E-state index in [2.05, 4.69) is 37.2 Å². The van der Waals surface area contributed by atoms with Gasteiger partial charge >= 0.3 is 0 Å². The third-order valence-corrected chi connectivity index (χ3v) is 4.34. The summed E-state index contributed by atoms with van der Waals surface area (Å²) in [6.07, 6.45) is 0.694. The highest BCUT2D eigenvalue weighted by atomic mass is 79.9. The number of halogens is 3. The summed E-state index contributed by atoms with van der Waals surface area (Å²) in [5, 5.41) is 3.07. The number of ether oxygens (including phenoxy) is 2. The van der Waals surface area contributed by atoms with Crippen molar-refractivity contribution < 1.29 is 19.1 Å². The maximum absolute atomic E-state index is 12.0. The van der Waals surface area contributed by atoms with Gasteiger partial charge in [0.25, 0.3) is 5.91 Å². The quantitative estimate of drug-likeness (QED) is 0.613. The third-order valence-electron chi connectivity index (χ3n) is 2.94. The lowest BCUT2D eigenvalue weighted by Crippen LogP contribution is -2.20. The highest BCUT2D eigenvalue weighted by Gasteiger charge is 2.14. The Hall–Kier alpha value is -1.57. The Morgan fingerprint density at radius 3 is 2.67 bits per heavy atom. The maximum Gasteiger partial charge on any atom is 0.262 e. The zero-order valence-corrected chi connectivity index (χ0v) is 16.4. The van der Waals surface area contributed by atoms with Crippen LogP contribution in [0.4, 0.5) is 5.69 Å². The van der Waals surface area contributed by atoms with Crippen LogP contribution in [0.3, 0.4) is 0 Å². The number of anilines is 1. The van der Waals surface area contributed by atoms with Crippen LogP contribution in [-0.4, -0.2) is 25.9 Å². The molecule has 0 aliphatic rings. The largest absolute Gasteiger partial charge is 0.493 e. The number of aldehydes is 1. The zero-order chi connectivity index (χ0) is 17.7. The first-order valence-corrected chi connectivity index (χ1v) is 8.61. The minimum absolute atomic E-state index is 0.248. The number of hydrogen-bond acceptors (Lipinski definition) is 4. The van der Waals surface area contributed by atoms with Crippen LogP contribution in [0.25, 0.3) is 0 Å². The van der Waals surface area contributed by atoms with Gasteiger partial charge in [-0.15, -0.1) is 0 Å². The molecule has 126 valence electrons. The van der Waals surface area contributed by atoms with Crippen LogP contribution in [0, 0.1) is 0 Å². The van der Waals surface area contributed by atoms with E-state index in [0.29, 0.717) is 38.5 Å². The highest BCUT2D eigenvalue weighted by molar-refractivity contribution is 9.10. The summed E-state index contributed by atoms with van der Waals surface area (Å²) in [4.78, 5) is 22.9. The molecule has 5 nitrogen and oxygen atoms in total. The van der Waals surface area contributed by atoms with Gasteiger partial charge in [0.2, 0.25) is 0 Å². The average molecular weight is 478 g/mol. The summed E-state index contributed by atoms with van der Waals surface area (Å²) in [5.41, 5.74) is 0.910. The van der Waals surface area contributed by atoms with E-state index in [1.54, 1.807) is 24.3 Å². The second kappa shape index (κ2) is 8.50. The van der Waals surface area contributed by atoms with Crippen molar-refractivity contribution in [1.29, 1.82) is 0 Å². The van der Waals surface area contributed by atoms with Crippen LogP contribution in [0.2, 0.25) is 5.02 Å². The van der Waals surface area contributed by atoms with Crippen LogP contribution < -0.4 is 14.8 Å². The summed E-state index contributed by atoms with van der Waals surface area (Å²) >= 11 is 12.6. The highest BCUT2D eigenvalue weighted by Crippen LogP contribution is 2.36. The number of rotatable bonds is 6. The van der Waals surface area contributed by atoms with Gasteiger partial charge < -0.3 is 14.8 Å². The van der Waals surface area contributed by atoms with E-state index in [1.165, 1.54) is 13.2 Å². The number of hydrogen-bond donors (Lipinski definition) is 1. The molecular formula is C16H12Br2ClNO4. The first kappa shape index (κ1) is 18.8. The molecule has 0 spiro atoms. The van der Waals surface area contributed by atoms with E-state index in [-0.39, 0.29) is 12.5 Å². The van der Waals surface area contributed by atoms with E-state index in [9.17, 15) is 9.59 Å². The SMILES string of the molecule is COc1cc(C=O)cc(Br)c1OCC(=O)Nc1ccc(Br)cc1Cl. The van der Waals surface area contributed by atoms with Crippen molar-refractivity contribution in [3.63, 3.8) is 0 Å². The third kappa shape index (κ3) is 4.72. The molecule has 0 atom stereocenters. The fourth-order valence-corrected chi connectivity index (χ4v) is 3.16. The Bertz CT molecular complexity index is 783. The minimum Gasteiger partial charge on any atom is -0.493 e. The van der Waals surface area contributed by atoms with Gasteiger partial charge in [0.05, 0.1) is 22.3 Å². The van der Waals surface area contributed by atoms with Crippen LogP contribution in [0.1, 0.15) is 10.4 Å². The smallest absolute Gasteiger partial charge is 0.262 e. The predicted octanol–water partition coefficient (Wildman–Crippen LogP) is 4.70. The van der Waals surface area contributed by atoms with Crippen LogP contribution in [0.5, 0.6) is 11.5 Å². The fraction of sp³-hybridized carbons (Fsp3) is 0.125. The Balaban J connectivity index is 2.07. The molecular weight excluding hydrogens is 465 g/mol. The molecule has 1 amide bonds. The second-order valence-corrected chi connectivity index (χ2v) is 6.79. The van der Waals surface area contributed by atoms with Crippen molar-refractivity contribution in [2.45, 2.75) is 0 Å². The summed E-state index contributed by atoms with van der Waals surface area (Å²) in [5.74, 6) is 0.300. The van der Waals surface area contributed by atoms with Gasteiger partial charge in [0.1, 0.15) is 6.29 Å². The number of benzene rings is 2. The van der Waals surface area contributed by atoms with Gasteiger partial charge in [0.15, 0.2) is 18.1 Å². The van der Waals surface area contributed by atoms with Crippen molar-refractivity contribution in [1.82, 2.24) is 0 Å². The monoisotopic (exact) mass is 475 g/mol. The molecule has 8 heteroatoms. The molecule has 0 aliphatic carbocycles. The molecule has 0 saturated heterocycles. The molecule has 0 fully saturated rings. The van der Waals surface area contributed by atoms with Crippen molar-refractivity contribution >= 4 is 61.3 Å². The summed E-state index contributed by atoms with van der Waals surface area (Å²) in [7, 11) is 1.45. The second-order valence-electron chi connectivity index (χ2n) is 4.61. The Kier molecular flexibility index (Phi) is 6.65. The average Bonchev–Trinajstić information content (AvgIpc) is 2.55. The number of methoxy groups -OCH3 is 1. The molecule has 0 radical (unpaired) electrons. The molecule has 0 aromatic heterocycles. The lowest BCUT2D eigenvalue weighted by molar-refractivity contribution is -0.118. The molecule has 2 rings (SSSR count). The van der Waals surface area contributed by atoms with Gasteiger partial charge in [-0.1, -0.05) is 27.5 Å². The number of carbonyl (C=O) groups excluding carboxylic acids is 2. The van der Waals surface area contributed by atoms with Gasteiger partial charge in [-0.05, 0) is 46.3 Å². The van der Waals surface area contributed by atoms with Gasteiger partial charge in [0, 0.05) is 10.0 Å². The minimum atomic E-state index is -0.382. The van der Waals surface area contributed by atoms with Crippen LogP contribution >= 0.6 is 43.5 Å². The van der Waals surface area contributed by atoms with Crippen LogP contribution in [-0.2, 0) is 4.79 Å². The molecule has 1 N–H and O–H groups in total.